The molecule has 1 saturated carbocycles. The summed E-state index contributed by atoms with van der Waals surface area (Å²) in [6.07, 6.45) is 6.30. The lowest BCUT2D eigenvalue weighted by molar-refractivity contribution is 0.604. The van der Waals surface area contributed by atoms with Crippen LogP contribution in [0.2, 0.25) is 0 Å². The quantitative estimate of drug-likeness (QED) is 0.852. The van der Waals surface area contributed by atoms with Gasteiger partial charge in [-0.15, -0.1) is 0 Å². The van der Waals surface area contributed by atoms with Gasteiger partial charge in [0.25, 0.3) is 0 Å². The van der Waals surface area contributed by atoms with E-state index in [1.807, 2.05) is 7.05 Å². The predicted molar refractivity (Wildman–Crippen MR) is 76.9 cm³/mol. The standard InChI is InChI=1S/C16H22N2/c1-12(17-2)9-14-11-18(10-13-7-8-13)16-6-4-3-5-15(14)16/h3-6,11-13,17H,7-10H2,1-2H3. The van der Waals surface area contributed by atoms with Crippen LogP contribution in [-0.2, 0) is 13.0 Å². The molecule has 1 atom stereocenters. The fraction of sp³-hybridized carbons (Fsp3) is 0.500. The van der Waals surface area contributed by atoms with Gasteiger partial charge in [-0.3, -0.25) is 0 Å². The van der Waals surface area contributed by atoms with E-state index in [1.165, 1.54) is 35.9 Å². The van der Waals surface area contributed by atoms with E-state index in [0.29, 0.717) is 6.04 Å². The van der Waals surface area contributed by atoms with Crippen molar-refractivity contribution < 1.29 is 0 Å². The summed E-state index contributed by atoms with van der Waals surface area (Å²) in [5.41, 5.74) is 2.89. The number of para-hydroxylation sites is 1. The lowest BCUT2D eigenvalue weighted by atomic mass is 10.1. The number of nitrogens with zero attached hydrogens (tertiary/aromatic N) is 1. The maximum Gasteiger partial charge on any atom is 0.0483 e. The fourth-order valence-corrected chi connectivity index (χ4v) is 2.65. The summed E-state index contributed by atoms with van der Waals surface area (Å²) < 4.78 is 2.46. The molecule has 0 amide bonds. The Morgan fingerprint density at radius 2 is 2.11 bits per heavy atom. The second kappa shape index (κ2) is 4.77. The van der Waals surface area contributed by atoms with Gasteiger partial charge in [0, 0.05) is 29.7 Å². The molecule has 1 N–H and O–H groups in total. The van der Waals surface area contributed by atoms with Gasteiger partial charge in [0.05, 0.1) is 0 Å². The minimum Gasteiger partial charge on any atom is -0.347 e. The van der Waals surface area contributed by atoms with Crippen molar-refractivity contribution in [1.82, 2.24) is 9.88 Å². The first-order valence-electron chi connectivity index (χ1n) is 7.02. The van der Waals surface area contributed by atoms with Crippen LogP contribution in [0.5, 0.6) is 0 Å². The monoisotopic (exact) mass is 242 g/mol. The normalized spacial score (nSPS) is 17.2. The molecule has 0 spiro atoms. The van der Waals surface area contributed by atoms with Crippen LogP contribution in [-0.4, -0.2) is 17.7 Å². The van der Waals surface area contributed by atoms with E-state index >= 15 is 0 Å². The number of benzene rings is 1. The predicted octanol–water partition coefficient (Wildman–Crippen LogP) is 3.20. The Balaban J connectivity index is 1.96. The van der Waals surface area contributed by atoms with Gasteiger partial charge in [-0.05, 0) is 50.8 Å². The van der Waals surface area contributed by atoms with Crippen molar-refractivity contribution in [2.24, 2.45) is 5.92 Å². The van der Waals surface area contributed by atoms with Crippen molar-refractivity contribution in [3.63, 3.8) is 0 Å². The molecule has 18 heavy (non-hydrogen) atoms. The van der Waals surface area contributed by atoms with E-state index in [9.17, 15) is 0 Å². The van der Waals surface area contributed by atoms with Gasteiger partial charge in [0.2, 0.25) is 0 Å². The SMILES string of the molecule is CNC(C)Cc1cn(CC2CC2)c2ccccc12. The molecule has 3 rings (SSSR count). The molecular formula is C16H22N2. The van der Waals surface area contributed by atoms with Gasteiger partial charge in [-0.25, -0.2) is 0 Å². The Morgan fingerprint density at radius 3 is 2.83 bits per heavy atom. The van der Waals surface area contributed by atoms with Crippen molar-refractivity contribution in [3.05, 3.63) is 36.0 Å². The number of likely N-dealkylation sites (N-methyl/N-ethyl adjacent to an activating group) is 1. The molecule has 1 heterocycles. The summed E-state index contributed by atoms with van der Waals surface area (Å²) in [5.74, 6) is 0.926. The number of aromatic nitrogens is 1. The van der Waals surface area contributed by atoms with Crippen molar-refractivity contribution in [1.29, 1.82) is 0 Å². The first kappa shape index (κ1) is 11.8. The zero-order valence-electron chi connectivity index (χ0n) is 11.3. The Bertz CT molecular complexity index is 537. The van der Waals surface area contributed by atoms with Crippen molar-refractivity contribution in [2.75, 3.05) is 7.05 Å². The number of rotatable bonds is 5. The van der Waals surface area contributed by atoms with Crippen molar-refractivity contribution >= 4 is 10.9 Å². The Kier molecular flexibility index (Phi) is 3.13. The molecule has 0 radical (unpaired) electrons. The van der Waals surface area contributed by atoms with Crippen LogP contribution in [0.25, 0.3) is 10.9 Å². The summed E-state index contributed by atoms with van der Waals surface area (Å²) in [4.78, 5) is 0. The van der Waals surface area contributed by atoms with Crippen LogP contribution in [0, 0.1) is 5.92 Å². The smallest absolute Gasteiger partial charge is 0.0483 e. The van der Waals surface area contributed by atoms with Crippen LogP contribution in [0.15, 0.2) is 30.5 Å². The van der Waals surface area contributed by atoms with Gasteiger partial charge < -0.3 is 9.88 Å². The Hall–Kier alpha value is -1.28. The lowest BCUT2D eigenvalue weighted by Gasteiger charge is -2.08. The highest BCUT2D eigenvalue weighted by Gasteiger charge is 2.22. The third-order valence-electron chi connectivity index (χ3n) is 4.04. The first-order chi connectivity index (χ1) is 8.78. The third-order valence-corrected chi connectivity index (χ3v) is 4.04. The molecule has 1 aliphatic carbocycles. The van der Waals surface area contributed by atoms with Crippen LogP contribution in [0.3, 0.4) is 0 Å². The van der Waals surface area contributed by atoms with E-state index in [1.54, 1.807) is 0 Å². The second-order valence-electron chi connectivity index (χ2n) is 5.66. The molecule has 0 aliphatic heterocycles. The Morgan fingerprint density at radius 1 is 1.33 bits per heavy atom. The molecular weight excluding hydrogens is 220 g/mol. The summed E-state index contributed by atoms with van der Waals surface area (Å²) in [5, 5.41) is 4.76. The average Bonchev–Trinajstić information content (AvgIpc) is 3.14. The largest absolute Gasteiger partial charge is 0.347 e. The number of fused-ring (bicyclic) bond motifs is 1. The average molecular weight is 242 g/mol. The number of hydrogen-bond donors (Lipinski definition) is 1. The summed E-state index contributed by atoms with van der Waals surface area (Å²) in [6.45, 7) is 3.45. The van der Waals surface area contributed by atoms with Gasteiger partial charge in [-0.2, -0.15) is 0 Å². The molecule has 96 valence electrons. The van der Waals surface area contributed by atoms with E-state index in [4.69, 9.17) is 0 Å². The highest BCUT2D eigenvalue weighted by Crippen LogP contribution is 2.33. The first-order valence-corrected chi connectivity index (χ1v) is 7.02. The number of nitrogens with one attached hydrogen (secondary N) is 1. The topological polar surface area (TPSA) is 17.0 Å². The molecule has 1 fully saturated rings. The molecule has 0 bridgehead atoms. The highest BCUT2D eigenvalue weighted by molar-refractivity contribution is 5.84. The minimum absolute atomic E-state index is 0.533. The molecule has 2 aromatic rings. The third kappa shape index (κ3) is 2.30. The second-order valence-corrected chi connectivity index (χ2v) is 5.66. The highest BCUT2D eigenvalue weighted by atomic mass is 15.0. The van der Waals surface area contributed by atoms with Crippen LogP contribution >= 0.6 is 0 Å². The molecule has 1 aliphatic rings. The fourth-order valence-electron chi connectivity index (χ4n) is 2.65. The van der Waals surface area contributed by atoms with Gasteiger partial charge in [-0.1, -0.05) is 18.2 Å². The van der Waals surface area contributed by atoms with E-state index in [0.717, 1.165) is 12.3 Å². The summed E-state index contributed by atoms with van der Waals surface area (Å²) >= 11 is 0. The van der Waals surface area contributed by atoms with Crippen LogP contribution in [0.1, 0.15) is 25.3 Å². The molecule has 1 aromatic heterocycles. The van der Waals surface area contributed by atoms with Gasteiger partial charge >= 0.3 is 0 Å². The van der Waals surface area contributed by atoms with Crippen LogP contribution < -0.4 is 5.32 Å². The lowest BCUT2D eigenvalue weighted by Crippen LogP contribution is -2.23. The van der Waals surface area contributed by atoms with E-state index in [2.05, 4.69) is 47.3 Å². The van der Waals surface area contributed by atoms with Crippen molar-refractivity contribution in [2.45, 2.75) is 38.8 Å². The van der Waals surface area contributed by atoms with E-state index < -0.39 is 0 Å². The maximum absolute atomic E-state index is 3.33. The van der Waals surface area contributed by atoms with E-state index in [-0.39, 0.29) is 0 Å². The van der Waals surface area contributed by atoms with Gasteiger partial charge in [0.15, 0.2) is 0 Å². The number of hydrogen-bond acceptors (Lipinski definition) is 1. The zero-order chi connectivity index (χ0) is 12.5. The van der Waals surface area contributed by atoms with Crippen LogP contribution in [0.4, 0.5) is 0 Å². The zero-order valence-corrected chi connectivity index (χ0v) is 11.3. The van der Waals surface area contributed by atoms with Gasteiger partial charge in [0.1, 0.15) is 0 Å². The molecule has 2 nitrogen and oxygen atoms in total. The minimum atomic E-state index is 0.533. The maximum atomic E-state index is 3.33. The Labute approximate surface area is 109 Å². The summed E-state index contributed by atoms with van der Waals surface area (Å²) in [6, 6.07) is 9.35. The molecule has 1 unspecified atom stereocenters. The molecule has 1 aromatic carbocycles. The molecule has 2 heteroatoms. The summed E-state index contributed by atoms with van der Waals surface area (Å²) in [7, 11) is 2.04. The van der Waals surface area contributed by atoms with Crippen molar-refractivity contribution in [3.8, 4) is 0 Å². The molecule has 0 saturated heterocycles.